The molecule has 2 atom stereocenters. The summed E-state index contributed by atoms with van der Waals surface area (Å²) in [7, 11) is 1.49. The number of fused-ring (bicyclic) bond motifs is 2. The van der Waals surface area contributed by atoms with E-state index in [2.05, 4.69) is 6.07 Å². The lowest BCUT2D eigenvalue weighted by Crippen LogP contribution is -2.55. The van der Waals surface area contributed by atoms with Gasteiger partial charge in [0.05, 0.1) is 7.11 Å². The fraction of sp³-hybridized carbons (Fsp3) is 0.400. The highest BCUT2D eigenvalue weighted by Crippen LogP contribution is 2.39. The second kappa shape index (κ2) is 9.22. The Kier molecular flexibility index (Phi) is 6.22. The molecule has 2 bridgehead atoms. The summed E-state index contributed by atoms with van der Waals surface area (Å²) in [6.07, 6.45) is 3.66. The third kappa shape index (κ3) is 4.27. The molecule has 2 aromatic carbocycles. The van der Waals surface area contributed by atoms with Crippen LogP contribution in [0.5, 0.6) is 5.75 Å². The van der Waals surface area contributed by atoms with Gasteiger partial charge in [-0.1, -0.05) is 36.4 Å². The zero-order valence-corrected chi connectivity index (χ0v) is 17.6. The molecule has 4 rings (SSSR count). The Bertz CT molecular complexity index is 984. The minimum atomic E-state index is -0.302. The van der Waals surface area contributed by atoms with Crippen molar-refractivity contribution in [1.82, 2.24) is 4.90 Å². The van der Waals surface area contributed by atoms with Crippen molar-refractivity contribution in [1.29, 1.82) is 5.26 Å². The number of hydrogen-bond donors (Lipinski definition) is 0. The smallest absolute Gasteiger partial charge is 0.410 e. The van der Waals surface area contributed by atoms with Crippen LogP contribution >= 0.6 is 0 Å². The maximum absolute atomic E-state index is 13.3. The molecule has 2 saturated heterocycles. The summed E-state index contributed by atoms with van der Waals surface area (Å²) in [6, 6.07) is 16.8. The van der Waals surface area contributed by atoms with E-state index in [4.69, 9.17) is 9.47 Å². The van der Waals surface area contributed by atoms with Crippen LogP contribution in [0.3, 0.4) is 0 Å². The lowest BCUT2D eigenvalue weighted by molar-refractivity contribution is 0.00472. The summed E-state index contributed by atoms with van der Waals surface area (Å²) < 4.78 is 10.9. The number of methoxy groups -OCH3 is 1. The standard InChI is InChI=1S/C25H26N2O4/c1-30-23-12-6-11-21(22(23)15-26)24(28)18-13-19-9-5-10-20(14-18)27(19)25(29)31-16-17-7-3-2-4-8-17/h2-4,6-8,11-12,18-20H,5,9-10,13-14,16H2,1H3. The molecule has 0 aromatic heterocycles. The molecule has 0 aliphatic carbocycles. The van der Waals surface area contributed by atoms with Gasteiger partial charge < -0.3 is 14.4 Å². The van der Waals surface area contributed by atoms with Crippen LogP contribution in [0.25, 0.3) is 0 Å². The van der Waals surface area contributed by atoms with Crippen LogP contribution in [-0.2, 0) is 11.3 Å². The van der Waals surface area contributed by atoms with Crippen molar-refractivity contribution in [3.8, 4) is 11.8 Å². The molecule has 2 aromatic rings. The SMILES string of the molecule is COc1cccc(C(=O)C2CC3CCCC(C2)N3C(=O)OCc2ccccc2)c1C#N. The predicted molar refractivity (Wildman–Crippen MR) is 115 cm³/mol. The van der Waals surface area contributed by atoms with E-state index in [1.807, 2.05) is 35.2 Å². The number of nitriles is 1. The molecule has 0 spiro atoms. The van der Waals surface area contributed by atoms with Crippen LogP contribution in [0, 0.1) is 17.2 Å². The highest BCUT2D eigenvalue weighted by atomic mass is 16.6. The first-order chi connectivity index (χ1) is 15.1. The van der Waals surface area contributed by atoms with Crippen molar-refractivity contribution in [3.05, 3.63) is 65.2 Å². The highest BCUT2D eigenvalue weighted by molar-refractivity contribution is 6.01. The average Bonchev–Trinajstić information content (AvgIpc) is 2.81. The van der Waals surface area contributed by atoms with Crippen LogP contribution in [0.2, 0.25) is 0 Å². The number of nitrogens with zero attached hydrogens (tertiary/aromatic N) is 2. The second-order valence-electron chi connectivity index (χ2n) is 8.21. The van der Waals surface area contributed by atoms with Gasteiger partial charge in [0.1, 0.15) is 24.0 Å². The molecular weight excluding hydrogens is 392 g/mol. The van der Waals surface area contributed by atoms with Gasteiger partial charge in [0.25, 0.3) is 0 Å². The Morgan fingerprint density at radius 1 is 1.06 bits per heavy atom. The molecule has 2 unspecified atom stereocenters. The van der Waals surface area contributed by atoms with Gasteiger partial charge in [-0.3, -0.25) is 4.79 Å². The minimum absolute atomic E-state index is 0.0131. The van der Waals surface area contributed by atoms with E-state index in [-0.39, 0.29) is 42.0 Å². The number of carbonyl (C=O) groups excluding carboxylic acids is 2. The Labute approximate surface area is 182 Å². The number of carbonyl (C=O) groups is 2. The molecule has 2 aliphatic rings. The topological polar surface area (TPSA) is 79.6 Å². The molecule has 0 N–H and O–H groups in total. The molecule has 1 amide bonds. The molecule has 2 aliphatic heterocycles. The maximum atomic E-state index is 13.3. The van der Waals surface area contributed by atoms with Crippen LogP contribution in [0.4, 0.5) is 4.79 Å². The average molecular weight is 418 g/mol. The largest absolute Gasteiger partial charge is 0.495 e. The van der Waals surface area contributed by atoms with Crippen LogP contribution in [0.15, 0.2) is 48.5 Å². The Morgan fingerprint density at radius 3 is 2.42 bits per heavy atom. The number of piperidine rings is 2. The van der Waals surface area contributed by atoms with E-state index >= 15 is 0 Å². The van der Waals surface area contributed by atoms with Crippen LogP contribution in [-0.4, -0.2) is 36.0 Å². The van der Waals surface area contributed by atoms with Gasteiger partial charge >= 0.3 is 6.09 Å². The van der Waals surface area contributed by atoms with E-state index < -0.39 is 0 Å². The van der Waals surface area contributed by atoms with Gasteiger partial charge in [-0.15, -0.1) is 0 Å². The van der Waals surface area contributed by atoms with Gasteiger partial charge in [0.15, 0.2) is 5.78 Å². The van der Waals surface area contributed by atoms with Gasteiger partial charge in [0, 0.05) is 23.6 Å². The highest BCUT2D eigenvalue weighted by Gasteiger charge is 2.44. The molecule has 0 saturated carbocycles. The first kappa shape index (κ1) is 20.9. The molecule has 6 nitrogen and oxygen atoms in total. The van der Waals surface area contributed by atoms with E-state index in [1.165, 1.54) is 7.11 Å². The molecule has 160 valence electrons. The summed E-state index contributed by atoms with van der Waals surface area (Å²) >= 11 is 0. The van der Waals surface area contributed by atoms with E-state index in [0.717, 1.165) is 24.8 Å². The van der Waals surface area contributed by atoms with Crippen molar-refractivity contribution in [2.24, 2.45) is 5.92 Å². The van der Waals surface area contributed by atoms with Gasteiger partial charge in [0.2, 0.25) is 0 Å². The molecule has 2 heterocycles. The Hall–Kier alpha value is -3.33. The number of hydrogen-bond acceptors (Lipinski definition) is 5. The van der Waals surface area contributed by atoms with Crippen LogP contribution in [0.1, 0.15) is 53.6 Å². The van der Waals surface area contributed by atoms with Crippen molar-refractivity contribution >= 4 is 11.9 Å². The lowest BCUT2D eigenvalue weighted by Gasteiger charge is -2.47. The van der Waals surface area contributed by atoms with Crippen molar-refractivity contribution in [2.75, 3.05) is 7.11 Å². The third-order valence-corrected chi connectivity index (χ3v) is 6.38. The summed E-state index contributed by atoms with van der Waals surface area (Å²) in [6.45, 7) is 0.243. The third-order valence-electron chi connectivity index (χ3n) is 6.38. The normalized spacial score (nSPS) is 22.3. The summed E-state index contributed by atoms with van der Waals surface area (Å²) in [5, 5.41) is 9.56. The zero-order chi connectivity index (χ0) is 21.8. The molecular formula is C25H26N2O4. The molecule has 2 fully saturated rings. The van der Waals surface area contributed by atoms with Crippen LogP contribution < -0.4 is 4.74 Å². The van der Waals surface area contributed by atoms with E-state index in [1.54, 1.807) is 18.2 Å². The maximum Gasteiger partial charge on any atom is 0.410 e. The second-order valence-corrected chi connectivity index (χ2v) is 8.21. The summed E-state index contributed by atoms with van der Waals surface area (Å²) in [5.74, 6) is 0.160. The number of amides is 1. The summed E-state index contributed by atoms with van der Waals surface area (Å²) in [5.41, 5.74) is 1.64. The van der Waals surface area contributed by atoms with Gasteiger partial charge in [-0.2, -0.15) is 5.26 Å². The Balaban J connectivity index is 1.48. The quantitative estimate of drug-likeness (QED) is 0.657. The summed E-state index contributed by atoms with van der Waals surface area (Å²) in [4.78, 5) is 28.1. The zero-order valence-electron chi connectivity index (χ0n) is 17.6. The first-order valence-electron chi connectivity index (χ1n) is 10.7. The number of ether oxygens (including phenoxy) is 2. The Morgan fingerprint density at radius 2 is 1.77 bits per heavy atom. The van der Waals surface area contributed by atoms with E-state index in [0.29, 0.717) is 24.2 Å². The molecule has 31 heavy (non-hydrogen) atoms. The number of rotatable bonds is 5. The number of Topliss-reactive ketones (excluding diaryl/α,β-unsaturated/α-hetero) is 1. The molecule has 0 radical (unpaired) electrons. The van der Waals surface area contributed by atoms with Crippen molar-refractivity contribution in [3.63, 3.8) is 0 Å². The first-order valence-corrected chi connectivity index (χ1v) is 10.7. The predicted octanol–water partition coefficient (Wildman–Crippen LogP) is 4.72. The van der Waals surface area contributed by atoms with Gasteiger partial charge in [-0.25, -0.2) is 4.79 Å². The van der Waals surface area contributed by atoms with Crippen molar-refractivity contribution < 1.29 is 19.1 Å². The monoisotopic (exact) mass is 418 g/mol. The number of benzene rings is 2. The minimum Gasteiger partial charge on any atom is -0.495 e. The lowest BCUT2D eigenvalue weighted by atomic mass is 9.75. The molecule has 6 heteroatoms. The van der Waals surface area contributed by atoms with Crippen molar-refractivity contribution in [2.45, 2.75) is 50.8 Å². The van der Waals surface area contributed by atoms with Gasteiger partial charge in [-0.05, 0) is 49.8 Å². The van der Waals surface area contributed by atoms with E-state index in [9.17, 15) is 14.9 Å². The fourth-order valence-corrected chi connectivity index (χ4v) is 4.93. The fourth-order valence-electron chi connectivity index (χ4n) is 4.93. The number of ketones is 1.